The van der Waals surface area contributed by atoms with Crippen LogP contribution in [0.5, 0.6) is 11.5 Å². The smallest absolute Gasteiger partial charge is 0.416 e. The number of nitrogens with one attached hydrogen (secondary N) is 2. The van der Waals surface area contributed by atoms with Gasteiger partial charge in [-0.15, -0.1) is 0 Å². The Morgan fingerprint density at radius 2 is 1.83 bits per heavy atom. The summed E-state index contributed by atoms with van der Waals surface area (Å²) >= 11 is 0. The van der Waals surface area contributed by atoms with Gasteiger partial charge in [0.1, 0.15) is 0 Å². The highest BCUT2D eigenvalue weighted by molar-refractivity contribution is 5.97. The van der Waals surface area contributed by atoms with Gasteiger partial charge in [-0.3, -0.25) is 9.59 Å². The van der Waals surface area contributed by atoms with Crippen LogP contribution >= 0.6 is 0 Å². The van der Waals surface area contributed by atoms with Gasteiger partial charge in [-0.05, 0) is 36.4 Å². The first-order valence-electron chi connectivity index (χ1n) is 8.43. The molecule has 9 heteroatoms. The van der Waals surface area contributed by atoms with Crippen LogP contribution in [-0.2, 0) is 11.0 Å². The van der Waals surface area contributed by atoms with E-state index in [9.17, 15) is 22.8 Å². The van der Waals surface area contributed by atoms with E-state index in [1.54, 1.807) is 12.1 Å². The second-order valence-electron chi connectivity index (χ2n) is 5.91. The minimum atomic E-state index is -4.44. The van der Waals surface area contributed by atoms with Crippen LogP contribution in [0.2, 0.25) is 0 Å². The fraction of sp³-hybridized carbons (Fsp3) is 0.200. The van der Waals surface area contributed by atoms with E-state index in [2.05, 4.69) is 22.5 Å². The fourth-order valence-electron chi connectivity index (χ4n) is 2.43. The van der Waals surface area contributed by atoms with Gasteiger partial charge in [0.25, 0.3) is 5.91 Å². The highest BCUT2D eigenvalue weighted by atomic mass is 19.4. The normalized spacial score (nSPS) is 12.0. The van der Waals surface area contributed by atoms with Gasteiger partial charge in [-0.2, -0.15) is 13.2 Å². The van der Waals surface area contributed by atoms with Crippen LogP contribution in [0.25, 0.3) is 0 Å². The van der Waals surface area contributed by atoms with Crippen molar-refractivity contribution in [1.29, 1.82) is 0 Å². The third-order valence-electron chi connectivity index (χ3n) is 3.84. The molecule has 0 aliphatic carbocycles. The van der Waals surface area contributed by atoms with Crippen molar-refractivity contribution < 1.29 is 32.2 Å². The predicted molar refractivity (Wildman–Crippen MR) is 96.2 cm³/mol. The summed E-state index contributed by atoms with van der Waals surface area (Å²) in [5, 5.41) is 4.90. The van der Waals surface area contributed by atoms with Crippen molar-refractivity contribution in [1.82, 2.24) is 10.6 Å². The third-order valence-corrected chi connectivity index (χ3v) is 3.84. The standard InChI is InChI=1S/C20H15F3N2O4/c21-20(22,23)15-5-1-3-13(9-15)4-2-8-24-18(26)11-25-19(27)14-6-7-16-17(10-14)29-12-28-16/h1,3,5-7,9-10H,8,11-12H2,(H,24,26)(H,25,27). The highest BCUT2D eigenvalue weighted by Gasteiger charge is 2.30. The first kappa shape index (κ1) is 20.1. The maximum Gasteiger partial charge on any atom is 0.416 e. The lowest BCUT2D eigenvalue weighted by Crippen LogP contribution is -2.37. The van der Waals surface area contributed by atoms with E-state index in [1.165, 1.54) is 18.2 Å². The SMILES string of the molecule is O=C(CNC(=O)c1ccc2c(c1)OCO2)NCC#Cc1cccc(C(F)(F)F)c1. The molecule has 2 amide bonds. The molecule has 1 heterocycles. The van der Waals surface area contributed by atoms with Crippen LogP contribution in [0, 0.1) is 11.8 Å². The molecule has 3 rings (SSSR count). The van der Waals surface area contributed by atoms with Crippen molar-refractivity contribution in [3.8, 4) is 23.3 Å². The van der Waals surface area contributed by atoms with Gasteiger partial charge in [0, 0.05) is 11.1 Å². The number of ether oxygens (including phenoxy) is 2. The quantitative estimate of drug-likeness (QED) is 0.767. The number of amides is 2. The van der Waals surface area contributed by atoms with Crippen LogP contribution in [0.3, 0.4) is 0 Å². The number of benzene rings is 2. The van der Waals surface area contributed by atoms with E-state index >= 15 is 0 Å². The molecule has 0 unspecified atom stereocenters. The molecule has 0 saturated heterocycles. The Balaban J connectivity index is 1.45. The monoisotopic (exact) mass is 404 g/mol. The zero-order valence-corrected chi connectivity index (χ0v) is 14.9. The van der Waals surface area contributed by atoms with Crippen LogP contribution in [-0.4, -0.2) is 31.7 Å². The largest absolute Gasteiger partial charge is 0.454 e. The molecular formula is C20H15F3N2O4. The Morgan fingerprint density at radius 1 is 1.03 bits per heavy atom. The molecule has 0 aromatic heterocycles. The summed E-state index contributed by atoms with van der Waals surface area (Å²) in [5.74, 6) is 5.15. The number of fused-ring (bicyclic) bond motifs is 1. The maximum absolute atomic E-state index is 12.6. The number of halogens is 3. The molecule has 0 fully saturated rings. The molecule has 2 aromatic carbocycles. The molecule has 1 aliphatic heterocycles. The van der Waals surface area contributed by atoms with Gasteiger partial charge in [0.15, 0.2) is 11.5 Å². The topological polar surface area (TPSA) is 76.7 Å². The Bertz CT molecular complexity index is 993. The third kappa shape index (κ3) is 5.42. The molecule has 0 atom stereocenters. The molecule has 1 aliphatic rings. The molecule has 29 heavy (non-hydrogen) atoms. The maximum atomic E-state index is 12.6. The minimum Gasteiger partial charge on any atom is -0.454 e. The van der Waals surface area contributed by atoms with Crippen molar-refractivity contribution in [2.24, 2.45) is 0 Å². The molecule has 0 saturated carbocycles. The average Bonchev–Trinajstić information content (AvgIpc) is 3.17. The lowest BCUT2D eigenvalue weighted by atomic mass is 10.1. The van der Waals surface area contributed by atoms with Crippen LogP contribution in [0.4, 0.5) is 13.2 Å². The Labute approximate surface area is 164 Å². The van der Waals surface area contributed by atoms with Crippen molar-refractivity contribution in [3.63, 3.8) is 0 Å². The lowest BCUT2D eigenvalue weighted by Gasteiger charge is -2.06. The molecule has 150 valence electrons. The minimum absolute atomic E-state index is 0.0744. The Kier molecular flexibility index (Phi) is 5.93. The van der Waals surface area contributed by atoms with E-state index in [0.29, 0.717) is 17.1 Å². The molecule has 2 aromatic rings. The van der Waals surface area contributed by atoms with Gasteiger partial charge < -0.3 is 20.1 Å². The molecule has 6 nitrogen and oxygen atoms in total. The summed E-state index contributed by atoms with van der Waals surface area (Å²) in [6.07, 6.45) is -4.44. The second kappa shape index (κ2) is 8.56. The number of carbonyl (C=O) groups is 2. The van der Waals surface area contributed by atoms with Crippen molar-refractivity contribution in [2.75, 3.05) is 19.9 Å². The molecule has 0 spiro atoms. The van der Waals surface area contributed by atoms with Crippen molar-refractivity contribution in [3.05, 3.63) is 59.2 Å². The zero-order valence-electron chi connectivity index (χ0n) is 14.9. The molecule has 0 bridgehead atoms. The summed E-state index contributed by atoms with van der Waals surface area (Å²) in [6, 6.07) is 9.24. The summed E-state index contributed by atoms with van der Waals surface area (Å²) in [6.45, 7) is -0.266. The van der Waals surface area contributed by atoms with E-state index in [4.69, 9.17) is 9.47 Å². The van der Waals surface area contributed by atoms with Gasteiger partial charge in [0.05, 0.1) is 18.7 Å². The molecule has 2 N–H and O–H groups in total. The number of rotatable bonds is 4. The van der Waals surface area contributed by atoms with Crippen molar-refractivity contribution >= 4 is 11.8 Å². The number of carbonyl (C=O) groups excluding carboxylic acids is 2. The van der Waals surface area contributed by atoms with Gasteiger partial charge in [-0.1, -0.05) is 17.9 Å². The van der Waals surface area contributed by atoms with E-state index in [0.717, 1.165) is 12.1 Å². The Morgan fingerprint density at radius 3 is 2.62 bits per heavy atom. The summed E-state index contributed by atoms with van der Waals surface area (Å²) in [4.78, 5) is 23.8. The summed E-state index contributed by atoms with van der Waals surface area (Å²) in [5.41, 5.74) is -0.295. The molecule has 0 radical (unpaired) electrons. The first-order chi connectivity index (χ1) is 13.8. The van der Waals surface area contributed by atoms with Gasteiger partial charge >= 0.3 is 6.18 Å². The zero-order chi connectivity index (χ0) is 20.9. The first-order valence-corrected chi connectivity index (χ1v) is 8.43. The van der Waals surface area contributed by atoms with Gasteiger partial charge in [-0.25, -0.2) is 0 Å². The van der Waals surface area contributed by atoms with Gasteiger partial charge in [0.2, 0.25) is 12.7 Å². The number of hydrogen-bond acceptors (Lipinski definition) is 4. The van der Waals surface area contributed by atoms with Crippen LogP contribution in [0.15, 0.2) is 42.5 Å². The molecular weight excluding hydrogens is 389 g/mol. The summed E-state index contributed by atoms with van der Waals surface area (Å²) in [7, 11) is 0. The van der Waals surface area contributed by atoms with E-state index < -0.39 is 23.6 Å². The van der Waals surface area contributed by atoms with E-state index in [-0.39, 0.29) is 25.4 Å². The number of hydrogen-bond donors (Lipinski definition) is 2. The average molecular weight is 404 g/mol. The second-order valence-corrected chi connectivity index (χ2v) is 5.91. The fourth-order valence-corrected chi connectivity index (χ4v) is 2.43. The Hall–Kier alpha value is -3.67. The summed E-state index contributed by atoms with van der Waals surface area (Å²) < 4.78 is 48.3. The lowest BCUT2D eigenvalue weighted by molar-refractivity contribution is -0.137. The van der Waals surface area contributed by atoms with E-state index in [1.807, 2.05) is 0 Å². The predicted octanol–water partition coefficient (Wildman–Crippen LogP) is 2.33. The number of alkyl halides is 3. The van der Waals surface area contributed by atoms with Crippen LogP contribution < -0.4 is 20.1 Å². The van der Waals surface area contributed by atoms with Crippen molar-refractivity contribution in [2.45, 2.75) is 6.18 Å². The highest BCUT2D eigenvalue weighted by Crippen LogP contribution is 2.32. The van der Waals surface area contributed by atoms with Crippen LogP contribution in [0.1, 0.15) is 21.5 Å².